The quantitative estimate of drug-likeness (QED) is 0.883. The summed E-state index contributed by atoms with van der Waals surface area (Å²) in [6.07, 6.45) is 5.60. The van der Waals surface area contributed by atoms with Gasteiger partial charge in [0.2, 0.25) is 0 Å². The van der Waals surface area contributed by atoms with Crippen LogP contribution in [0.5, 0.6) is 0 Å². The zero-order valence-electron chi connectivity index (χ0n) is 12.3. The SMILES string of the molecule is COC1(C(O)CCc2ccsc2)CCC(C)(C)CC1. The van der Waals surface area contributed by atoms with E-state index < -0.39 is 0 Å². The van der Waals surface area contributed by atoms with E-state index in [-0.39, 0.29) is 11.7 Å². The molecule has 108 valence electrons. The fraction of sp³-hybridized carbons (Fsp3) is 0.750. The topological polar surface area (TPSA) is 29.5 Å². The van der Waals surface area contributed by atoms with Gasteiger partial charge in [0, 0.05) is 7.11 Å². The van der Waals surface area contributed by atoms with Gasteiger partial charge in [-0.05, 0) is 66.3 Å². The highest BCUT2D eigenvalue weighted by Crippen LogP contribution is 2.44. The Morgan fingerprint density at radius 1 is 1.32 bits per heavy atom. The van der Waals surface area contributed by atoms with Crippen LogP contribution in [-0.2, 0) is 11.2 Å². The van der Waals surface area contributed by atoms with Crippen LogP contribution in [0, 0.1) is 5.41 Å². The highest BCUT2D eigenvalue weighted by atomic mass is 32.1. The number of hydrogen-bond acceptors (Lipinski definition) is 3. The zero-order chi connectivity index (χ0) is 13.9. The third-order valence-corrected chi connectivity index (χ3v) is 5.48. The second-order valence-corrected chi connectivity index (χ2v) is 7.40. The number of hydrogen-bond donors (Lipinski definition) is 1. The molecule has 0 bridgehead atoms. The van der Waals surface area contributed by atoms with E-state index in [0.29, 0.717) is 5.41 Å². The van der Waals surface area contributed by atoms with E-state index in [9.17, 15) is 5.11 Å². The van der Waals surface area contributed by atoms with Gasteiger partial charge in [-0.3, -0.25) is 0 Å². The van der Waals surface area contributed by atoms with E-state index in [2.05, 4.69) is 30.7 Å². The Morgan fingerprint density at radius 2 is 2.00 bits per heavy atom. The number of rotatable bonds is 5. The van der Waals surface area contributed by atoms with Gasteiger partial charge in [0.05, 0.1) is 11.7 Å². The lowest BCUT2D eigenvalue weighted by Crippen LogP contribution is -2.48. The molecule has 0 aliphatic heterocycles. The van der Waals surface area contributed by atoms with Crippen LogP contribution >= 0.6 is 11.3 Å². The standard InChI is InChI=1S/C16H26O2S/c1-15(2)7-9-16(18-3,10-8-15)14(17)5-4-13-6-11-19-12-13/h6,11-12,14,17H,4-5,7-10H2,1-3H3. The van der Waals surface area contributed by atoms with Crippen molar-refractivity contribution in [1.82, 2.24) is 0 Å². The summed E-state index contributed by atoms with van der Waals surface area (Å²) in [6.45, 7) is 4.62. The summed E-state index contributed by atoms with van der Waals surface area (Å²) in [7, 11) is 1.76. The van der Waals surface area contributed by atoms with E-state index in [1.165, 1.54) is 5.56 Å². The van der Waals surface area contributed by atoms with Gasteiger partial charge >= 0.3 is 0 Å². The lowest BCUT2D eigenvalue weighted by Gasteiger charge is -2.45. The Balaban J connectivity index is 1.93. The van der Waals surface area contributed by atoms with Gasteiger partial charge in [-0.15, -0.1) is 0 Å². The number of aliphatic hydroxyl groups is 1. The summed E-state index contributed by atoms with van der Waals surface area (Å²) in [4.78, 5) is 0. The molecule has 1 heterocycles. The Kier molecular flexibility index (Phi) is 4.70. The van der Waals surface area contributed by atoms with E-state index in [4.69, 9.17) is 4.74 Å². The first-order valence-electron chi connectivity index (χ1n) is 7.22. The molecule has 0 saturated heterocycles. The Bertz CT molecular complexity index is 373. The molecule has 1 aromatic heterocycles. The minimum atomic E-state index is -0.353. The van der Waals surface area contributed by atoms with Crippen LogP contribution in [-0.4, -0.2) is 23.9 Å². The van der Waals surface area contributed by atoms with Crippen LogP contribution in [0.2, 0.25) is 0 Å². The predicted molar refractivity (Wildman–Crippen MR) is 80.6 cm³/mol. The van der Waals surface area contributed by atoms with Crippen molar-refractivity contribution >= 4 is 11.3 Å². The Hall–Kier alpha value is -0.380. The van der Waals surface area contributed by atoms with Crippen molar-refractivity contribution in [2.24, 2.45) is 5.41 Å². The fourth-order valence-electron chi connectivity index (χ4n) is 3.02. The molecular formula is C16H26O2S. The van der Waals surface area contributed by atoms with Crippen LogP contribution in [0.15, 0.2) is 16.8 Å². The van der Waals surface area contributed by atoms with Crippen molar-refractivity contribution in [3.05, 3.63) is 22.4 Å². The number of aliphatic hydroxyl groups excluding tert-OH is 1. The first-order valence-corrected chi connectivity index (χ1v) is 8.16. The molecule has 1 aliphatic carbocycles. The predicted octanol–water partition coefficient (Wildman–Crippen LogP) is 4.03. The summed E-state index contributed by atoms with van der Waals surface area (Å²) in [5.41, 5.74) is 1.41. The highest BCUT2D eigenvalue weighted by Gasteiger charge is 2.43. The lowest BCUT2D eigenvalue weighted by atomic mass is 9.68. The Morgan fingerprint density at radius 3 is 2.53 bits per heavy atom. The third-order valence-electron chi connectivity index (χ3n) is 4.75. The molecule has 1 unspecified atom stereocenters. The van der Waals surface area contributed by atoms with Crippen molar-refractivity contribution in [2.45, 2.75) is 64.1 Å². The van der Waals surface area contributed by atoms with Gasteiger partial charge in [0.1, 0.15) is 0 Å². The van der Waals surface area contributed by atoms with E-state index in [1.807, 2.05) is 0 Å². The monoisotopic (exact) mass is 282 g/mol. The molecular weight excluding hydrogens is 256 g/mol. The first kappa shape index (κ1) is 15.0. The maximum Gasteiger partial charge on any atom is 0.0936 e. The second-order valence-electron chi connectivity index (χ2n) is 6.62. The van der Waals surface area contributed by atoms with Gasteiger partial charge in [-0.25, -0.2) is 0 Å². The summed E-state index contributed by atoms with van der Waals surface area (Å²) in [6, 6.07) is 2.14. The van der Waals surface area contributed by atoms with E-state index in [0.717, 1.165) is 38.5 Å². The average molecular weight is 282 g/mol. The number of aryl methyl sites for hydroxylation is 1. The molecule has 1 N–H and O–H groups in total. The van der Waals surface area contributed by atoms with Gasteiger partial charge in [-0.2, -0.15) is 11.3 Å². The summed E-state index contributed by atoms with van der Waals surface area (Å²) < 4.78 is 5.76. The highest BCUT2D eigenvalue weighted by molar-refractivity contribution is 7.07. The molecule has 0 amide bonds. The zero-order valence-corrected chi connectivity index (χ0v) is 13.1. The number of ether oxygens (including phenoxy) is 1. The molecule has 1 aliphatic rings. The number of methoxy groups -OCH3 is 1. The maximum absolute atomic E-state index is 10.6. The van der Waals surface area contributed by atoms with Crippen molar-refractivity contribution in [3.63, 3.8) is 0 Å². The molecule has 0 aromatic carbocycles. The summed E-state index contributed by atoms with van der Waals surface area (Å²) >= 11 is 1.72. The smallest absolute Gasteiger partial charge is 0.0936 e. The molecule has 2 nitrogen and oxygen atoms in total. The molecule has 1 saturated carbocycles. The summed E-state index contributed by atoms with van der Waals surface area (Å²) in [5.74, 6) is 0. The molecule has 1 atom stereocenters. The molecule has 0 spiro atoms. The fourth-order valence-corrected chi connectivity index (χ4v) is 3.73. The molecule has 3 heteroatoms. The lowest BCUT2D eigenvalue weighted by molar-refractivity contribution is -0.137. The maximum atomic E-state index is 10.6. The second kappa shape index (κ2) is 5.94. The van der Waals surface area contributed by atoms with E-state index >= 15 is 0 Å². The van der Waals surface area contributed by atoms with Crippen molar-refractivity contribution in [3.8, 4) is 0 Å². The Labute approximate surface area is 120 Å². The first-order chi connectivity index (χ1) is 8.97. The normalized spacial score (nSPS) is 23.2. The molecule has 19 heavy (non-hydrogen) atoms. The minimum absolute atomic E-state index is 0.314. The minimum Gasteiger partial charge on any atom is -0.390 e. The largest absolute Gasteiger partial charge is 0.390 e. The van der Waals surface area contributed by atoms with Crippen LogP contribution in [0.4, 0.5) is 0 Å². The molecule has 1 aromatic rings. The van der Waals surface area contributed by atoms with Gasteiger partial charge in [-0.1, -0.05) is 13.8 Å². The van der Waals surface area contributed by atoms with Gasteiger partial charge in [0.25, 0.3) is 0 Å². The van der Waals surface area contributed by atoms with Crippen molar-refractivity contribution in [1.29, 1.82) is 0 Å². The van der Waals surface area contributed by atoms with Crippen molar-refractivity contribution in [2.75, 3.05) is 7.11 Å². The van der Waals surface area contributed by atoms with Crippen molar-refractivity contribution < 1.29 is 9.84 Å². The third kappa shape index (κ3) is 3.59. The van der Waals surface area contributed by atoms with Crippen LogP contribution < -0.4 is 0 Å². The van der Waals surface area contributed by atoms with Crippen LogP contribution in [0.25, 0.3) is 0 Å². The van der Waals surface area contributed by atoms with Crippen LogP contribution in [0.3, 0.4) is 0 Å². The van der Waals surface area contributed by atoms with Gasteiger partial charge < -0.3 is 9.84 Å². The van der Waals surface area contributed by atoms with Crippen LogP contribution in [0.1, 0.15) is 51.5 Å². The van der Waals surface area contributed by atoms with Gasteiger partial charge in [0.15, 0.2) is 0 Å². The average Bonchev–Trinajstić information content (AvgIpc) is 2.90. The molecule has 2 rings (SSSR count). The molecule has 1 fully saturated rings. The van der Waals surface area contributed by atoms with E-state index in [1.54, 1.807) is 18.4 Å². The number of thiophene rings is 1. The summed E-state index contributed by atoms with van der Waals surface area (Å²) in [5, 5.41) is 14.8. The molecule has 0 radical (unpaired) electrons.